The number of nitrogens with two attached hydrogens (primary N) is 1. The summed E-state index contributed by atoms with van der Waals surface area (Å²) in [5.41, 5.74) is 7.27. The van der Waals surface area contributed by atoms with Crippen molar-refractivity contribution >= 4 is 27.7 Å². The van der Waals surface area contributed by atoms with Crippen molar-refractivity contribution in [2.24, 2.45) is 10.7 Å². The van der Waals surface area contributed by atoms with E-state index in [1.165, 1.54) is 16.3 Å². The zero-order valence-electron chi connectivity index (χ0n) is 11.8. The molecule has 1 aliphatic heterocycles. The Morgan fingerprint density at radius 1 is 1.20 bits per heavy atom. The van der Waals surface area contributed by atoms with Gasteiger partial charge in [-0.25, -0.2) is 0 Å². The van der Waals surface area contributed by atoms with E-state index in [2.05, 4.69) is 54.4 Å². The summed E-state index contributed by atoms with van der Waals surface area (Å²) >= 11 is 1.67. The van der Waals surface area contributed by atoms with Gasteiger partial charge < -0.3 is 5.73 Å². The summed E-state index contributed by atoms with van der Waals surface area (Å²) in [6, 6.07) is 15.2. The molecule has 2 nitrogen and oxygen atoms in total. The van der Waals surface area contributed by atoms with Gasteiger partial charge in [0.1, 0.15) is 0 Å². The quantitative estimate of drug-likeness (QED) is 0.925. The van der Waals surface area contributed by atoms with Crippen LogP contribution in [0.1, 0.15) is 25.3 Å². The summed E-state index contributed by atoms with van der Waals surface area (Å²) < 4.78 is 0. The van der Waals surface area contributed by atoms with Crippen molar-refractivity contribution in [1.29, 1.82) is 0 Å². The van der Waals surface area contributed by atoms with Crippen molar-refractivity contribution in [2.45, 2.75) is 31.7 Å². The van der Waals surface area contributed by atoms with Crippen LogP contribution in [0.2, 0.25) is 0 Å². The second-order valence-corrected chi connectivity index (χ2v) is 6.84. The first-order valence-electron chi connectivity index (χ1n) is 7.10. The highest BCUT2D eigenvalue weighted by Gasteiger charge is 2.26. The number of aryl methyl sites for hydroxylation is 1. The molecule has 0 amide bonds. The first-order chi connectivity index (χ1) is 9.65. The average molecular weight is 284 g/mol. The van der Waals surface area contributed by atoms with E-state index < -0.39 is 0 Å². The second-order valence-electron chi connectivity index (χ2n) is 5.73. The van der Waals surface area contributed by atoms with Gasteiger partial charge in [0, 0.05) is 5.75 Å². The number of amidine groups is 1. The topological polar surface area (TPSA) is 38.4 Å². The van der Waals surface area contributed by atoms with E-state index in [0.717, 1.165) is 30.2 Å². The van der Waals surface area contributed by atoms with Crippen LogP contribution in [0.4, 0.5) is 0 Å². The standard InChI is InChI=1S/C17H20N2S/c1-17(10-11-20-16(18)19-17)9-8-13-6-7-14-4-2-3-5-15(14)12-13/h2-7,12H,8-11H2,1H3,(H2,18,19). The molecule has 3 heteroatoms. The molecular weight excluding hydrogens is 264 g/mol. The number of rotatable bonds is 3. The first kappa shape index (κ1) is 13.5. The molecule has 0 fully saturated rings. The Kier molecular flexibility index (Phi) is 3.70. The molecule has 0 aromatic heterocycles. The predicted octanol–water partition coefficient (Wildman–Crippen LogP) is 3.98. The van der Waals surface area contributed by atoms with Gasteiger partial charge in [0.05, 0.1) is 5.54 Å². The third-order valence-corrected chi connectivity index (χ3v) is 4.83. The minimum atomic E-state index is 0.0149. The zero-order valence-corrected chi connectivity index (χ0v) is 12.6. The van der Waals surface area contributed by atoms with Crippen LogP contribution in [0.5, 0.6) is 0 Å². The van der Waals surface area contributed by atoms with Crippen LogP contribution in [-0.2, 0) is 6.42 Å². The van der Waals surface area contributed by atoms with Gasteiger partial charge in [0.2, 0.25) is 0 Å². The van der Waals surface area contributed by atoms with Crippen LogP contribution in [0, 0.1) is 0 Å². The van der Waals surface area contributed by atoms with E-state index in [9.17, 15) is 0 Å². The lowest BCUT2D eigenvalue weighted by molar-refractivity contribution is 0.423. The Labute approximate surface area is 124 Å². The summed E-state index contributed by atoms with van der Waals surface area (Å²) in [7, 11) is 0. The fraction of sp³-hybridized carbons (Fsp3) is 0.353. The van der Waals surface area contributed by atoms with E-state index >= 15 is 0 Å². The second kappa shape index (κ2) is 5.49. The third-order valence-electron chi connectivity index (χ3n) is 4.04. The van der Waals surface area contributed by atoms with E-state index in [1.807, 2.05) is 0 Å². The van der Waals surface area contributed by atoms with Crippen molar-refractivity contribution in [3.63, 3.8) is 0 Å². The third kappa shape index (κ3) is 2.98. The van der Waals surface area contributed by atoms with Crippen LogP contribution < -0.4 is 5.73 Å². The van der Waals surface area contributed by atoms with Gasteiger partial charge in [0.15, 0.2) is 5.17 Å². The maximum Gasteiger partial charge on any atom is 0.154 e. The molecule has 1 atom stereocenters. The van der Waals surface area contributed by atoms with Gasteiger partial charge in [-0.05, 0) is 42.5 Å². The molecule has 104 valence electrons. The number of hydrogen-bond donors (Lipinski definition) is 1. The number of nitrogens with zero attached hydrogens (tertiary/aromatic N) is 1. The summed E-state index contributed by atoms with van der Waals surface area (Å²) in [4.78, 5) is 4.65. The molecule has 1 heterocycles. The molecule has 0 bridgehead atoms. The van der Waals surface area contributed by atoms with E-state index in [0.29, 0.717) is 0 Å². The SMILES string of the molecule is CC1(CCc2ccc3ccccc3c2)CCSC(N)=N1. The Hall–Kier alpha value is -1.48. The summed E-state index contributed by atoms with van der Waals surface area (Å²) in [5.74, 6) is 1.09. The molecule has 0 spiro atoms. The minimum Gasteiger partial charge on any atom is -0.379 e. The van der Waals surface area contributed by atoms with Crippen molar-refractivity contribution < 1.29 is 0 Å². The normalized spacial score (nSPS) is 22.8. The molecule has 1 aliphatic rings. The number of benzene rings is 2. The fourth-order valence-electron chi connectivity index (χ4n) is 2.72. The lowest BCUT2D eigenvalue weighted by Gasteiger charge is -2.29. The minimum absolute atomic E-state index is 0.0149. The summed E-state index contributed by atoms with van der Waals surface area (Å²) in [6.07, 6.45) is 3.24. The molecule has 0 saturated heterocycles. The monoisotopic (exact) mass is 284 g/mol. The molecule has 1 unspecified atom stereocenters. The highest BCUT2D eigenvalue weighted by molar-refractivity contribution is 8.13. The molecular formula is C17H20N2S. The van der Waals surface area contributed by atoms with E-state index in [1.54, 1.807) is 11.8 Å². The van der Waals surface area contributed by atoms with Crippen LogP contribution in [0.15, 0.2) is 47.5 Å². The maximum atomic E-state index is 5.87. The lowest BCUT2D eigenvalue weighted by atomic mass is 9.90. The summed E-state index contributed by atoms with van der Waals surface area (Å²) in [6.45, 7) is 2.22. The number of thioether (sulfide) groups is 1. The molecule has 2 aromatic carbocycles. The average Bonchev–Trinajstić information content (AvgIpc) is 2.45. The lowest BCUT2D eigenvalue weighted by Crippen LogP contribution is -2.31. The van der Waals surface area contributed by atoms with Gasteiger partial charge >= 0.3 is 0 Å². The maximum absolute atomic E-state index is 5.87. The molecule has 3 rings (SSSR count). The Balaban J connectivity index is 1.75. The largest absolute Gasteiger partial charge is 0.379 e. The van der Waals surface area contributed by atoms with Gasteiger partial charge in [0.25, 0.3) is 0 Å². The van der Waals surface area contributed by atoms with E-state index in [4.69, 9.17) is 5.73 Å². The van der Waals surface area contributed by atoms with Gasteiger partial charge in [-0.15, -0.1) is 0 Å². The van der Waals surface area contributed by atoms with Crippen molar-refractivity contribution in [1.82, 2.24) is 0 Å². The summed E-state index contributed by atoms with van der Waals surface area (Å²) in [5, 5.41) is 3.37. The van der Waals surface area contributed by atoms with Gasteiger partial charge in [-0.1, -0.05) is 54.2 Å². The van der Waals surface area contributed by atoms with Crippen LogP contribution >= 0.6 is 11.8 Å². The molecule has 0 radical (unpaired) electrons. The Morgan fingerprint density at radius 2 is 2.00 bits per heavy atom. The van der Waals surface area contributed by atoms with Crippen molar-refractivity contribution in [3.8, 4) is 0 Å². The Morgan fingerprint density at radius 3 is 2.80 bits per heavy atom. The van der Waals surface area contributed by atoms with Crippen LogP contribution in [-0.4, -0.2) is 16.5 Å². The zero-order chi connectivity index (χ0) is 14.0. The molecule has 0 aliphatic carbocycles. The predicted molar refractivity (Wildman–Crippen MR) is 89.4 cm³/mol. The fourth-order valence-corrected chi connectivity index (χ4v) is 3.75. The number of aliphatic imine (C=N–C) groups is 1. The molecule has 2 N–H and O–H groups in total. The van der Waals surface area contributed by atoms with Crippen molar-refractivity contribution in [3.05, 3.63) is 48.0 Å². The van der Waals surface area contributed by atoms with Crippen molar-refractivity contribution in [2.75, 3.05) is 5.75 Å². The van der Waals surface area contributed by atoms with Gasteiger partial charge in [-0.2, -0.15) is 0 Å². The number of fused-ring (bicyclic) bond motifs is 1. The molecule has 2 aromatic rings. The highest BCUT2D eigenvalue weighted by Crippen LogP contribution is 2.30. The van der Waals surface area contributed by atoms with Crippen LogP contribution in [0.25, 0.3) is 10.8 Å². The van der Waals surface area contributed by atoms with Crippen LogP contribution in [0.3, 0.4) is 0 Å². The highest BCUT2D eigenvalue weighted by atomic mass is 32.2. The van der Waals surface area contributed by atoms with E-state index in [-0.39, 0.29) is 5.54 Å². The first-order valence-corrected chi connectivity index (χ1v) is 8.09. The molecule has 0 saturated carbocycles. The Bertz CT molecular complexity index is 650. The number of hydrogen-bond acceptors (Lipinski definition) is 3. The van der Waals surface area contributed by atoms with Gasteiger partial charge in [-0.3, -0.25) is 4.99 Å². The molecule has 20 heavy (non-hydrogen) atoms. The smallest absolute Gasteiger partial charge is 0.154 e.